The number of halogens is 1. The van der Waals surface area contributed by atoms with E-state index in [9.17, 15) is 13.2 Å². The second-order valence-electron chi connectivity index (χ2n) is 5.91. The summed E-state index contributed by atoms with van der Waals surface area (Å²) in [6.07, 6.45) is 3.36. The molecule has 5 nitrogen and oxygen atoms in total. The SMILES string of the molecule is Cl.NC1C2CCC(C2)C1C(=O)N1CCS(=O)(=O)CC1. The van der Waals surface area contributed by atoms with E-state index in [1.165, 1.54) is 0 Å². The molecule has 3 rings (SSSR count). The Morgan fingerprint density at radius 1 is 1.11 bits per heavy atom. The van der Waals surface area contributed by atoms with Crippen LogP contribution in [0.4, 0.5) is 0 Å². The molecule has 3 fully saturated rings. The average Bonchev–Trinajstić information content (AvgIpc) is 2.88. The molecule has 1 aliphatic heterocycles. The van der Waals surface area contributed by atoms with Crippen molar-refractivity contribution in [3.05, 3.63) is 0 Å². The zero-order chi connectivity index (χ0) is 12.9. The molecule has 0 aromatic carbocycles. The molecule has 0 radical (unpaired) electrons. The minimum Gasteiger partial charge on any atom is -0.340 e. The van der Waals surface area contributed by atoms with Crippen molar-refractivity contribution < 1.29 is 13.2 Å². The Morgan fingerprint density at radius 2 is 1.68 bits per heavy atom. The lowest BCUT2D eigenvalue weighted by molar-refractivity contribution is -0.137. The number of fused-ring (bicyclic) bond motifs is 2. The standard InChI is InChI=1S/C12H20N2O3S.ClH/c13-11-9-2-1-8(7-9)10(11)12(15)14-3-5-18(16,17)6-4-14;/h8-11H,1-7,13H2;1H. The Balaban J connectivity index is 0.00000133. The Hall–Kier alpha value is -0.330. The summed E-state index contributed by atoms with van der Waals surface area (Å²) in [6.45, 7) is 0.698. The van der Waals surface area contributed by atoms with Crippen molar-refractivity contribution in [2.24, 2.45) is 23.5 Å². The van der Waals surface area contributed by atoms with Crippen LogP contribution in [0.3, 0.4) is 0 Å². The summed E-state index contributed by atoms with van der Waals surface area (Å²) in [5.74, 6) is 1.21. The first-order valence-corrected chi connectivity index (χ1v) is 8.55. The third kappa shape index (κ3) is 2.62. The fourth-order valence-electron chi connectivity index (χ4n) is 3.85. The fourth-order valence-corrected chi connectivity index (χ4v) is 5.05. The van der Waals surface area contributed by atoms with Crippen LogP contribution in [0, 0.1) is 17.8 Å². The smallest absolute Gasteiger partial charge is 0.227 e. The average molecular weight is 309 g/mol. The molecule has 3 aliphatic rings. The van der Waals surface area contributed by atoms with E-state index in [0.717, 1.165) is 19.3 Å². The number of nitrogens with zero attached hydrogens (tertiary/aromatic N) is 1. The van der Waals surface area contributed by atoms with E-state index in [4.69, 9.17) is 5.73 Å². The number of rotatable bonds is 1. The Morgan fingerprint density at radius 3 is 2.21 bits per heavy atom. The normalized spacial score (nSPS) is 39.9. The van der Waals surface area contributed by atoms with E-state index < -0.39 is 9.84 Å². The molecule has 7 heteroatoms. The summed E-state index contributed by atoms with van der Waals surface area (Å²) in [7, 11) is -2.92. The van der Waals surface area contributed by atoms with Crippen LogP contribution in [0.25, 0.3) is 0 Å². The molecule has 19 heavy (non-hydrogen) atoms. The van der Waals surface area contributed by atoms with Gasteiger partial charge in [-0.2, -0.15) is 0 Å². The van der Waals surface area contributed by atoms with Crippen molar-refractivity contribution in [3.63, 3.8) is 0 Å². The molecule has 2 N–H and O–H groups in total. The number of sulfone groups is 1. The van der Waals surface area contributed by atoms with Crippen LogP contribution in [-0.4, -0.2) is 49.9 Å². The number of amides is 1. The molecular weight excluding hydrogens is 288 g/mol. The van der Waals surface area contributed by atoms with Crippen LogP contribution >= 0.6 is 12.4 Å². The minimum absolute atomic E-state index is 0. The quantitative estimate of drug-likeness (QED) is 0.741. The van der Waals surface area contributed by atoms with Gasteiger partial charge >= 0.3 is 0 Å². The first-order chi connectivity index (χ1) is 8.48. The van der Waals surface area contributed by atoms with Crippen LogP contribution in [-0.2, 0) is 14.6 Å². The van der Waals surface area contributed by atoms with Gasteiger partial charge in [-0.3, -0.25) is 4.79 Å². The number of carbonyl (C=O) groups excluding carboxylic acids is 1. The molecule has 0 aromatic heterocycles. The second kappa shape index (κ2) is 5.22. The lowest BCUT2D eigenvalue weighted by Gasteiger charge is -2.34. The van der Waals surface area contributed by atoms with E-state index in [-0.39, 0.29) is 41.8 Å². The van der Waals surface area contributed by atoms with Gasteiger partial charge in [0.1, 0.15) is 0 Å². The zero-order valence-corrected chi connectivity index (χ0v) is 12.5. The highest BCUT2D eigenvalue weighted by atomic mass is 35.5. The lowest BCUT2D eigenvalue weighted by atomic mass is 9.84. The molecular formula is C12H21ClN2O3S. The van der Waals surface area contributed by atoms with Gasteiger partial charge in [0.15, 0.2) is 9.84 Å². The Kier molecular flexibility index (Phi) is 4.14. The van der Waals surface area contributed by atoms with Crippen molar-refractivity contribution in [3.8, 4) is 0 Å². The van der Waals surface area contributed by atoms with E-state index >= 15 is 0 Å². The van der Waals surface area contributed by atoms with E-state index in [0.29, 0.717) is 24.9 Å². The van der Waals surface area contributed by atoms with Gasteiger partial charge < -0.3 is 10.6 Å². The molecule has 0 aromatic rings. The summed E-state index contributed by atoms with van der Waals surface area (Å²) >= 11 is 0. The summed E-state index contributed by atoms with van der Waals surface area (Å²) in [5, 5.41) is 0. The van der Waals surface area contributed by atoms with E-state index in [2.05, 4.69) is 0 Å². The fraction of sp³-hybridized carbons (Fsp3) is 0.917. The van der Waals surface area contributed by atoms with Crippen molar-refractivity contribution in [1.82, 2.24) is 4.90 Å². The molecule has 1 heterocycles. The highest BCUT2D eigenvalue weighted by Crippen LogP contribution is 2.48. The van der Waals surface area contributed by atoms with Crippen LogP contribution in [0.5, 0.6) is 0 Å². The van der Waals surface area contributed by atoms with E-state index in [1.807, 2.05) is 0 Å². The molecule has 2 saturated carbocycles. The third-order valence-electron chi connectivity index (χ3n) is 4.92. The predicted octanol–water partition coefficient (Wildman–Crippen LogP) is 0.0386. The van der Waals surface area contributed by atoms with Crippen LogP contribution in [0.1, 0.15) is 19.3 Å². The lowest BCUT2D eigenvalue weighted by Crippen LogP contribution is -2.51. The molecule has 110 valence electrons. The van der Waals surface area contributed by atoms with Gasteiger partial charge in [0, 0.05) is 19.1 Å². The van der Waals surface area contributed by atoms with Crippen molar-refractivity contribution in [2.45, 2.75) is 25.3 Å². The summed E-state index contributed by atoms with van der Waals surface area (Å²) in [5.41, 5.74) is 6.16. The van der Waals surface area contributed by atoms with Gasteiger partial charge in [0.05, 0.1) is 17.4 Å². The third-order valence-corrected chi connectivity index (χ3v) is 6.53. The topological polar surface area (TPSA) is 80.5 Å². The summed E-state index contributed by atoms with van der Waals surface area (Å²) in [6, 6.07) is -0.00483. The number of nitrogens with two attached hydrogens (primary N) is 1. The van der Waals surface area contributed by atoms with E-state index in [1.54, 1.807) is 4.90 Å². The monoisotopic (exact) mass is 308 g/mol. The first-order valence-electron chi connectivity index (χ1n) is 6.73. The Bertz CT molecular complexity index is 452. The van der Waals surface area contributed by atoms with Crippen molar-refractivity contribution in [2.75, 3.05) is 24.6 Å². The number of hydrogen-bond donors (Lipinski definition) is 1. The molecule has 2 bridgehead atoms. The Labute approximate surface area is 120 Å². The highest BCUT2D eigenvalue weighted by molar-refractivity contribution is 7.91. The van der Waals surface area contributed by atoms with Gasteiger partial charge in [-0.15, -0.1) is 12.4 Å². The number of hydrogen-bond acceptors (Lipinski definition) is 4. The first kappa shape index (κ1) is 15.1. The predicted molar refractivity (Wildman–Crippen MR) is 74.8 cm³/mol. The molecule has 4 atom stereocenters. The molecule has 1 amide bonds. The second-order valence-corrected chi connectivity index (χ2v) is 8.22. The molecule has 4 unspecified atom stereocenters. The maximum atomic E-state index is 12.5. The van der Waals surface area contributed by atoms with Gasteiger partial charge in [-0.25, -0.2) is 8.42 Å². The number of carbonyl (C=O) groups is 1. The van der Waals surface area contributed by atoms with Crippen LogP contribution < -0.4 is 5.73 Å². The zero-order valence-electron chi connectivity index (χ0n) is 10.8. The molecule has 0 spiro atoms. The van der Waals surface area contributed by atoms with Gasteiger partial charge in [0.2, 0.25) is 5.91 Å². The van der Waals surface area contributed by atoms with Crippen LogP contribution in [0.2, 0.25) is 0 Å². The minimum atomic E-state index is -2.92. The maximum Gasteiger partial charge on any atom is 0.227 e. The maximum absolute atomic E-state index is 12.5. The van der Waals surface area contributed by atoms with Crippen LogP contribution in [0.15, 0.2) is 0 Å². The van der Waals surface area contributed by atoms with Gasteiger partial charge in [0.25, 0.3) is 0 Å². The largest absolute Gasteiger partial charge is 0.340 e. The highest BCUT2D eigenvalue weighted by Gasteiger charge is 2.50. The summed E-state index contributed by atoms with van der Waals surface area (Å²) in [4.78, 5) is 14.2. The molecule has 1 saturated heterocycles. The van der Waals surface area contributed by atoms with Gasteiger partial charge in [-0.05, 0) is 31.1 Å². The summed E-state index contributed by atoms with van der Waals surface area (Å²) < 4.78 is 22.7. The van der Waals surface area contributed by atoms with Gasteiger partial charge in [-0.1, -0.05) is 0 Å². The van der Waals surface area contributed by atoms with Crippen molar-refractivity contribution in [1.29, 1.82) is 0 Å². The molecule has 2 aliphatic carbocycles. The van der Waals surface area contributed by atoms with Crippen molar-refractivity contribution >= 4 is 28.2 Å².